The molecule has 27 heavy (non-hydrogen) atoms. The number of methoxy groups -OCH3 is 1. The molecule has 0 radical (unpaired) electrons. The highest BCUT2D eigenvalue weighted by atomic mass is 16.5. The SMILES string of the molecule is CCNC(=O)N1CCC[C@H](c2[nH]ncc2NC(=O)c2ccc(OC)cc2)C1. The van der Waals surface area contributed by atoms with E-state index in [0.29, 0.717) is 30.1 Å². The Kier molecular flexibility index (Phi) is 5.95. The van der Waals surface area contributed by atoms with Crippen LogP contribution in [0, 0.1) is 0 Å². The molecule has 144 valence electrons. The molecule has 0 bridgehead atoms. The van der Waals surface area contributed by atoms with Crippen molar-refractivity contribution in [2.24, 2.45) is 0 Å². The van der Waals surface area contributed by atoms with E-state index < -0.39 is 0 Å². The van der Waals surface area contributed by atoms with E-state index in [9.17, 15) is 9.59 Å². The number of carbonyl (C=O) groups excluding carboxylic acids is 2. The van der Waals surface area contributed by atoms with E-state index in [1.807, 2.05) is 11.8 Å². The number of amides is 3. The van der Waals surface area contributed by atoms with Crippen LogP contribution in [0.2, 0.25) is 0 Å². The highest BCUT2D eigenvalue weighted by Gasteiger charge is 2.27. The number of H-pyrrole nitrogens is 1. The van der Waals surface area contributed by atoms with E-state index in [4.69, 9.17) is 4.74 Å². The zero-order valence-corrected chi connectivity index (χ0v) is 15.6. The van der Waals surface area contributed by atoms with Crippen LogP contribution in [0.1, 0.15) is 41.7 Å². The molecule has 1 atom stereocenters. The second kappa shape index (κ2) is 8.57. The van der Waals surface area contributed by atoms with Gasteiger partial charge in [-0.05, 0) is 44.0 Å². The minimum atomic E-state index is -0.211. The molecule has 1 aromatic heterocycles. The summed E-state index contributed by atoms with van der Waals surface area (Å²) in [6.45, 7) is 3.84. The molecule has 1 saturated heterocycles. The number of hydrogen-bond donors (Lipinski definition) is 3. The molecule has 1 fully saturated rings. The van der Waals surface area contributed by atoms with Crippen LogP contribution in [-0.4, -0.2) is 53.8 Å². The van der Waals surface area contributed by atoms with E-state index in [2.05, 4.69) is 20.8 Å². The van der Waals surface area contributed by atoms with E-state index in [1.54, 1.807) is 37.6 Å². The van der Waals surface area contributed by atoms with Crippen molar-refractivity contribution in [1.29, 1.82) is 0 Å². The number of rotatable bonds is 5. The zero-order valence-electron chi connectivity index (χ0n) is 15.6. The topological polar surface area (TPSA) is 99.4 Å². The molecular formula is C19H25N5O3. The Labute approximate surface area is 158 Å². The highest BCUT2D eigenvalue weighted by molar-refractivity contribution is 6.04. The first kappa shape index (κ1) is 18.8. The third-order valence-electron chi connectivity index (χ3n) is 4.71. The van der Waals surface area contributed by atoms with Crippen LogP contribution in [0.15, 0.2) is 30.5 Å². The first-order valence-corrected chi connectivity index (χ1v) is 9.13. The Bertz CT molecular complexity index is 787. The summed E-state index contributed by atoms with van der Waals surface area (Å²) in [6.07, 6.45) is 3.46. The molecule has 0 saturated carbocycles. The molecule has 8 nitrogen and oxygen atoms in total. The molecule has 3 rings (SSSR count). The van der Waals surface area contributed by atoms with Crippen molar-refractivity contribution in [2.75, 3.05) is 32.1 Å². The highest BCUT2D eigenvalue weighted by Crippen LogP contribution is 2.30. The average molecular weight is 371 g/mol. The molecule has 2 aromatic rings. The van der Waals surface area contributed by atoms with Crippen LogP contribution in [0.25, 0.3) is 0 Å². The molecule has 2 heterocycles. The lowest BCUT2D eigenvalue weighted by Crippen LogP contribution is -2.45. The summed E-state index contributed by atoms with van der Waals surface area (Å²) in [5, 5.41) is 12.9. The summed E-state index contributed by atoms with van der Waals surface area (Å²) in [7, 11) is 1.58. The molecule has 1 aliphatic rings. The van der Waals surface area contributed by atoms with Crippen LogP contribution < -0.4 is 15.4 Å². The second-order valence-electron chi connectivity index (χ2n) is 6.50. The van der Waals surface area contributed by atoms with Crippen molar-refractivity contribution in [1.82, 2.24) is 20.4 Å². The molecule has 1 aromatic carbocycles. The Balaban J connectivity index is 1.69. The third kappa shape index (κ3) is 4.39. The van der Waals surface area contributed by atoms with Crippen molar-refractivity contribution in [3.8, 4) is 5.75 Å². The molecule has 0 aliphatic carbocycles. The Morgan fingerprint density at radius 2 is 2.11 bits per heavy atom. The van der Waals surface area contributed by atoms with Gasteiger partial charge in [0.2, 0.25) is 0 Å². The first-order chi connectivity index (χ1) is 13.1. The monoisotopic (exact) mass is 371 g/mol. The molecule has 3 N–H and O–H groups in total. The Morgan fingerprint density at radius 3 is 2.81 bits per heavy atom. The van der Waals surface area contributed by atoms with Crippen LogP contribution in [0.4, 0.5) is 10.5 Å². The van der Waals surface area contributed by atoms with Gasteiger partial charge in [-0.3, -0.25) is 9.89 Å². The summed E-state index contributed by atoms with van der Waals surface area (Å²) in [6, 6.07) is 6.87. The number of nitrogens with one attached hydrogen (secondary N) is 3. The van der Waals surface area contributed by atoms with Gasteiger partial charge in [0, 0.05) is 31.1 Å². The fourth-order valence-corrected chi connectivity index (χ4v) is 3.30. The predicted molar refractivity (Wildman–Crippen MR) is 102 cm³/mol. The quantitative estimate of drug-likeness (QED) is 0.752. The van der Waals surface area contributed by atoms with Gasteiger partial charge in [-0.15, -0.1) is 0 Å². The third-order valence-corrected chi connectivity index (χ3v) is 4.71. The number of likely N-dealkylation sites (tertiary alicyclic amines) is 1. The largest absolute Gasteiger partial charge is 0.497 e. The smallest absolute Gasteiger partial charge is 0.317 e. The number of anilines is 1. The van der Waals surface area contributed by atoms with Gasteiger partial charge in [0.05, 0.1) is 24.7 Å². The number of ether oxygens (including phenoxy) is 1. The van der Waals surface area contributed by atoms with Gasteiger partial charge < -0.3 is 20.3 Å². The predicted octanol–water partition coefficient (Wildman–Crippen LogP) is 2.58. The lowest BCUT2D eigenvalue weighted by Gasteiger charge is -2.32. The van der Waals surface area contributed by atoms with E-state index in [-0.39, 0.29) is 17.9 Å². The number of hydrogen-bond acceptors (Lipinski definition) is 4. The van der Waals surface area contributed by atoms with Gasteiger partial charge in [-0.1, -0.05) is 0 Å². The number of nitrogens with zero attached hydrogens (tertiary/aromatic N) is 2. The second-order valence-corrected chi connectivity index (χ2v) is 6.50. The lowest BCUT2D eigenvalue weighted by atomic mass is 9.94. The van der Waals surface area contributed by atoms with Gasteiger partial charge >= 0.3 is 6.03 Å². The zero-order chi connectivity index (χ0) is 19.2. The van der Waals surface area contributed by atoms with Crippen LogP contribution in [-0.2, 0) is 0 Å². The maximum absolute atomic E-state index is 12.5. The number of aromatic nitrogens is 2. The summed E-state index contributed by atoms with van der Waals surface area (Å²) < 4.78 is 5.12. The normalized spacial score (nSPS) is 16.7. The summed E-state index contributed by atoms with van der Waals surface area (Å²) in [5.74, 6) is 0.593. The Morgan fingerprint density at radius 1 is 1.33 bits per heavy atom. The summed E-state index contributed by atoms with van der Waals surface area (Å²) in [4.78, 5) is 26.5. The van der Waals surface area contributed by atoms with Crippen LogP contribution in [0.5, 0.6) is 5.75 Å². The van der Waals surface area contributed by atoms with Gasteiger partial charge in [0.15, 0.2) is 0 Å². The van der Waals surface area contributed by atoms with E-state index in [1.165, 1.54) is 0 Å². The number of benzene rings is 1. The summed E-state index contributed by atoms with van der Waals surface area (Å²) in [5.41, 5.74) is 2.04. The number of carbonyl (C=O) groups is 2. The maximum atomic E-state index is 12.5. The lowest BCUT2D eigenvalue weighted by molar-refractivity contribution is 0.102. The van der Waals surface area contributed by atoms with Crippen molar-refractivity contribution in [3.63, 3.8) is 0 Å². The number of urea groups is 1. The fourth-order valence-electron chi connectivity index (χ4n) is 3.30. The molecule has 3 amide bonds. The van der Waals surface area contributed by atoms with Gasteiger partial charge in [-0.2, -0.15) is 5.10 Å². The minimum Gasteiger partial charge on any atom is -0.497 e. The van der Waals surface area contributed by atoms with E-state index in [0.717, 1.165) is 25.1 Å². The van der Waals surface area contributed by atoms with Gasteiger partial charge in [-0.25, -0.2) is 4.79 Å². The van der Waals surface area contributed by atoms with Crippen molar-refractivity contribution in [3.05, 3.63) is 41.7 Å². The molecular weight excluding hydrogens is 346 g/mol. The first-order valence-electron chi connectivity index (χ1n) is 9.13. The van der Waals surface area contributed by atoms with Crippen molar-refractivity contribution in [2.45, 2.75) is 25.7 Å². The summed E-state index contributed by atoms with van der Waals surface area (Å²) >= 11 is 0. The van der Waals surface area contributed by atoms with Crippen LogP contribution in [0.3, 0.4) is 0 Å². The standard InChI is InChI=1S/C19H25N5O3/c1-3-20-19(26)24-10-4-5-14(12-24)17-16(11-21-23-17)22-18(25)13-6-8-15(27-2)9-7-13/h6-9,11,14H,3-5,10,12H2,1-2H3,(H,20,26)(H,21,23)(H,22,25)/t14-/m0/s1. The number of aromatic amines is 1. The van der Waals surface area contributed by atoms with Crippen molar-refractivity contribution >= 4 is 17.6 Å². The maximum Gasteiger partial charge on any atom is 0.317 e. The fraction of sp³-hybridized carbons (Fsp3) is 0.421. The average Bonchev–Trinajstić information content (AvgIpc) is 3.16. The molecule has 1 aliphatic heterocycles. The van der Waals surface area contributed by atoms with E-state index >= 15 is 0 Å². The Hall–Kier alpha value is -3.03. The van der Waals surface area contributed by atoms with Crippen molar-refractivity contribution < 1.29 is 14.3 Å². The minimum absolute atomic E-state index is 0.0504. The molecule has 0 spiro atoms. The number of piperidine rings is 1. The van der Waals surface area contributed by atoms with Crippen LogP contribution >= 0.6 is 0 Å². The molecule has 8 heteroatoms. The molecule has 0 unspecified atom stereocenters. The van der Waals surface area contributed by atoms with Gasteiger partial charge in [0.1, 0.15) is 5.75 Å². The van der Waals surface area contributed by atoms with Gasteiger partial charge in [0.25, 0.3) is 5.91 Å².